The van der Waals surface area contributed by atoms with E-state index < -0.39 is 7.32 Å². The number of benzene rings is 1. The van der Waals surface area contributed by atoms with Crippen molar-refractivity contribution in [1.29, 1.82) is 0 Å². The van der Waals surface area contributed by atoms with Crippen molar-refractivity contribution in [3.8, 4) is 11.6 Å². The number of hydrogen-bond donors (Lipinski definition) is 2. The second kappa shape index (κ2) is 6.04. The SMILES string of the molecule is OB(O)Oc1ccc(OCc2ccccc2)nc1. The monoisotopic (exact) mass is 245 g/mol. The van der Waals surface area contributed by atoms with E-state index in [9.17, 15) is 0 Å². The van der Waals surface area contributed by atoms with E-state index in [2.05, 4.69) is 9.64 Å². The van der Waals surface area contributed by atoms with Gasteiger partial charge >= 0.3 is 7.32 Å². The average molecular weight is 245 g/mol. The zero-order chi connectivity index (χ0) is 12.8. The molecule has 0 unspecified atom stereocenters. The molecule has 0 bridgehead atoms. The Hall–Kier alpha value is -2.05. The van der Waals surface area contributed by atoms with Gasteiger partial charge in [-0.1, -0.05) is 30.3 Å². The largest absolute Gasteiger partial charge is 0.707 e. The second-order valence-electron chi connectivity index (χ2n) is 3.55. The fraction of sp³-hybridized carbons (Fsp3) is 0.0833. The van der Waals surface area contributed by atoms with Crippen LogP contribution in [0, 0.1) is 0 Å². The summed E-state index contributed by atoms with van der Waals surface area (Å²) in [6.45, 7) is 0.427. The molecule has 6 heteroatoms. The first-order chi connectivity index (χ1) is 8.74. The third-order valence-corrected chi connectivity index (χ3v) is 2.18. The van der Waals surface area contributed by atoms with Crippen LogP contribution < -0.4 is 9.39 Å². The Balaban J connectivity index is 1.90. The quantitative estimate of drug-likeness (QED) is 0.769. The molecule has 5 nitrogen and oxygen atoms in total. The van der Waals surface area contributed by atoms with Gasteiger partial charge in [-0.25, -0.2) is 4.98 Å². The summed E-state index contributed by atoms with van der Waals surface area (Å²) in [6, 6.07) is 12.9. The van der Waals surface area contributed by atoms with Crippen LogP contribution in [-0.2, 0) is 6.61 Å². The number of ether oxygens (including phenoxy) is 1. The molecule has 0 aliphatic carbocycles. The molecule has 0 saturated heterocycles. The van der Waals surface area contributed by atoms with Crippen molar-refractivity contribution in [3.63, 3.8) is 0 Å². The highest BCUT2D eigenvalue weighted by Crippen LogP contribution is 2.15. The van der Waals surface area contributed by atoms with Gasteiger partial charge in [-0.05, 0) is 11.6 Å². The minimum atomic E-state index is -1.84. The van der Waals surface area contributed by atoms with Crippen LogP contribution in [0.25, 0.3) is 0 Å². The highest BCUT2D eigenvalue weighted by molar-refractivity contribution is 6.33. The average Bonchev–Trinajstić information content (AvgIpc) is 2.38. The maximum Gasteiger partial charge on any atom is 0.707 e. The Morgan fingerprint density at radius 3 is 2.44 bits per heavy atom. The topological polar surface area (TPSA) is 71.8 Å². The molecule has 0 atom stereocenters. The van der Waals surface area contributed by atoms with E-state index in [0.29, 0.717) is 12.5 Å². The Morgan fingerprint density at radius 2 is 1.83 bits per heavy atom. The van der Waals surface area contributed by atoms with Gasteiger partial charge in [-0.15, -0.1) is 0 Å². The molecule has 0 fully saturated rings. The van der Waals surface area contributed by atoms with Gasteiger partial charge in [0.1, 0.15) is 12.4 Å². The van der Waals surface area contributed by atoms with Gasteiger partial charge in [0.15, 0.2) is 0 Å². The van der Waals surface area contributed by atoms with E-state index in [0.717, 1.165) is 5.56 Å². The van der Waals surface area contributed by atoms with Gasteiger partial charge in [0.2, 0.25) is 5.88 Å². The van der Waals surface area contributed by atoms with Gasteiger partial charge in [-0.3, -0.25) is 0 Å². The molecule has 0 aliphatic rings. The highest BCUT2D eigenvalue weighted by atomic mass is 16.6. The van der Waals surface area contributed by atoms with Crippen molar-refractivity contribution in [1.82, 2.24) is 4.98 Å². The molecule has 0 spiro atoms. The van der Waals surface area contributed by atoms with Crippen molar-refractivity contribution in [2.24, 2.45) is 0 Å². The van der Waals surface area contributed by atoms with E-state index in [-0.39, 0.29) is 5.75 Å². The normalized spacial score (nSPS) is 9.89. The van der Waals surface area contributed by atoms with E-state index in [4.69, 9.17) is 14.8 Å². The Kier molecular flexibility index (Phi) is 4.17. The van der Waals surface area contributed by atoms with Crippen molar-refractivity contribution < 1.29 is 19.4 Å². The molecule has 2 N–H and O–H groups in total. The fourth-order valence-electron chi connectivity index (χ4n) is 1.38. The predicted octanol–water partition coefficient (Wildman–Crippen LogP) is 1.01. The maximum atomic E-state index is 8.60. The molecule has 1 heterocycles. The summed E-state index contributed by atoms with van der Waals surface area (Å²) in [5.41, 5.74) is 1.05. The summed E-state index contributed by atoms with van der Waals surface area (Å²) in [6.07, 6.45) is 1.36. The van der Waals surface area contributed by atoms with Gasteiger partial charge in [-0.2, -0.15) is 0 Å². The van der Waals surface area contributed by atoms with Crippen LogP contribution in [0.15, 0.2) is 48.7 Å². The van der Waals surface area contributed by atoms with Crippen LogP contribution in [0.2, 0.25) is 0 Å². The summed E-state index contributed by atoms with van der Waals surface area (Å²) in [5, 5.41) is 17.2. The van der Waals surface area contributed by atoms with Crippen LogP contribution in [-0.4, -0.2) is 22.4 Å². The Bertz CT molecular complexity index is 475. The molecular formula is C12H12BNO4. The van der Waals surface area contributed by atoms with Gasteiger partial charge in [0, 0.05) is 6.07 Å². The van der Waals surface area contributed by atoms with Crippen LogP contribution in [0.4, 0.5) is 0 Å². The van der Waals surface area contributed by atoms with Crippen molar-refractivity contribution in [2.75, 3.05) is 0 Å². The van der Waals surface area contributed by atoms with E-state index in [1.807, 2.05) is 30.3 Å². The predicted molar refractivity (Wildman–Crippen MR) is 65.8 cm³/mol. The van der Waals surface area contributed by atoms with Crippen LogP contribution >= 0.6 is 0 Å². The second-order valence-corrected chi connectivity index (χ2v) is 3.55. The third-order valence-electron chi connectivity index (χ3n) is 2.18. The molecule has 0 saturated carbocycles. The number of nitrogens with zero attached hydrogens (tertiary/aromatic N) is 1. The van der Waals surface area contributed by atoms with E-state index in [1.165, 1.54) is 6.20 Å². The van der Waals surface area contributed by atoms with Crippen molar-refractivity contribution in [2.45, 2.75) is 6.61 Å². The van der Waals surface area contributed by atoms with Gasteiger partial charge in [0.05, 0.1) is 6.20 Å². The smallest absolute Gasteiger partial charge is 0.511 e. The highest BCUT2D eigenvalue weighted by Gasteiger charge is 2.11. The summed E-state index contributed by atoms with van der Waals surface area (Å²) in [4.78, 5) is 3.98. The standard InChI is InChI=1S/C12H12BNO4/c15-13(16)18-11-6-7-12(14-8-11)17-9-10-4-2-1-3-5-10/h1-8,15-16H,9H2. The first kappa shape index (κ1) is 12.4. The molecule has 92 valence electrons. The van der Waals surface area contributed by atoms with Gasteiger partial charge < -0.3 is 19.4 Å². The van der Waals surface area contributed by atoms with E-state index >= 15 is 0 Å². The minimum absolute atomic E-state index is 0.261. The molecule has 2 aromatic rings. The zero-order valence-electron chi connectivity index (χ0n) is 9.56. The molecule has 18 heavy (non-hydrogen) atoms. The first-order valence-corrected chi connectivity index (χ1v) is 5.39. The lowest BCUT2D eigenvalue weighted by atomic mass is 10.2. The molecule has 1 aromatic carbocycles. The molecule has 0 radical (unpaired) electrons. The van der Waals surface area contributed by atoms with Crippen molar-refractivity contribution >= 4 is 7.32 Å². The van der Waals surface area contributed by atoms with E-state index in [1.54, 1.807) is 12.1 Å². The Labute approximate surface area is 105 Å². The first-order valence-electron chi connectivity index (χ1n) is 5.39. The zero-order valence-corrected chi connectivity index (χ0v) is 9.56. The number of hydrogen-bond acceptors (Lipinski definition) is 5. The molecule has 0 amide bonds. The summed E-state index contributed by atoms with van der Waals surface area (Å²) < 4.78 is 10.1. The molecule has 1 aromatic heterocycles. The third kappa shape index (κ3) is 3.76. The molecule has 0 aliphatic heterocycles. The maximum absolute atomic E-state index is 8.60. The summed E-state index contributed by atoms with van der Waals surface area (Å²) in [5.74, 6) is 0.704. The summed E-state index contributed by atoms with van der Waals surface area (Å²) in [7, 11) is -1.84. The summed E-state index contributed by atoms with van der Waals surface area (Å²) >= 11 is 0. The van der Waals surface area contributed by atoms with Gasteiger partial charge in [0.25, 0.3) is 0 Å². The molecular weight excluding hydrogens is 233 g/mol. The van der Waals surface area contributed by atoms with Crippen molar-refractivity contribution in [3.05, 3.63) is 54.2 Å². The van der Waals surface area contributed by atoms with Crippen LogP contribution in [0.5, 0.6) is 11.6 Å². The lowest BCUT2D eigenvalue weighted by molar-refractivity contribution is 0.282. The number of rotatable bonds is 5. The number of aromatic nitrogens is 1. The fourth-order valence-corrected chi connectivity index (χ4v) is 1.38. The lowest BCUT2D eigenvalue weighted by Crippen LogP contribution is -2.20. The molecule has 2 rings (SSSR count). The van der Waals surface area contributed by atoms with Crippen LogP contribution in [0.1, 0.15) is 5.56 Å². The lowest BCUT2D eigenvalue weighted by Gasteiger charge is -2.07. The van der Waals surface area contributed by atoms with Crippen LogP contribution in [0.3, 0.4) is 0 Å². The number of pyridine rings is 1. The minimum Gasteiger partial charge on any atom is -0.511 e. The Morgan fingerprint density at radius 1 is 1.06 bits per heavy atom.